The molecular weight excluding hydrogens is 262 g/mol. The van der Waals surface area contributed by atoms with Crippen molar-refractivity contribution in [1.82, 2.24) is 10.1 Å². The van der Waals surface area contributed by atoms with Gasteiger partial charge in [0.1, 0.15) is 0 Å². The molecule has 0 amide bonds. The van der Waals surface area contributed by atoms with Crippen molar-refractivity contribution >= 4 is 0 Å². The normalized spacial score (nSPS) is 10.8. The molecule has 3 aromatic rings. The molecule has 0 saturated heterocycles. The van der Waals surface area contributed by atoms with Gasteiger partial charge in [0.25, 0.3) is 5.89 Å². The highest BCUT2D eigenvalue weighted by atomic mass is 16.5. The quantitative estimate of drug-likeness (QED) is 0.796. The van der Waals surface area contributed by atoms with Gasteiger partial charge in [-0.3, -0.25) is 0 Å². The average molecular weight is 279 g/mol. The van der Waals surface area contributed by atoms with Gasteiger partial charge in [-0.2, -0.15) is 4.98 Å². The van der Waals surface area contributed by atoms with Crippen molar-refractivity contribution in [1.29, 1.82) is 0 Å². The van der Waals surface area contributed by atoms with Crippen LogP contribution < -0.4 is 5.73 Å². The Morgan fingerprint density at radius 1 is 1.10 bits per heavy atom. The Morgan fingerprint density at radius 3 is 2.76 bits per heavy atom. The van der Waals surface area contributed by atoms with Crippen LogP contribution in [0.15, 0.2) is 53.1 Å². The lowest BCUT2D eigenvalue weighted by molar-refractivity contribution is 0.432. The molecule has 4 nitrogen and oxygen atoms in total. The highest BCUT2D eigenvalue weighted by molar-refractivity contribution is 5.62. The lowest BCUT2D eigenvalue weighted by Crippen LogP contribution is -2.02. The van der Waals surface area contributed by atoms with Gasteiger partial charge in [-0.25, -0.2) is 0 Å². The van der Waals surface area contributed by atoms with Gasteiger partial charge in [0.2, 0.25) is 5.82 Å². The largest absolute Gasteiger partial charge is 0.334 e. The zero-order valence-corrected chi connectivity index (χ0v) is 11.9. The molecular formula is C17H17N3O. The molecule has 1 aromatic heterocycles. The van der Waals surface area contributed by atoms with Crippen molar-refractivity contribution in [2.75, 3.05) is 6.54 Å². The molecule has 0 unspecified atom stereocenters. The van der Waals surface area contributed by atoms with Crippen LogP contribution in [0.4, 0.5) is 0 Å². The molecule has 0 aliphatic carbocycles. The van der Waals surface area contributed by atoms with Gasteiger partial charge in [-0.1, -0.05) is 41.6 Å². The fourth-order valence-corrected chi connectivity index (χ4v) is 2.30. The maximum absolute atomic E-state index is 5.59. The predicted octanol–water partition coefficient (Wildman–Crippen LogP) is 3.21. The Hall–Kier alpha value is -2.46. The van der Waals surface area contributed by atoms with Gasteiger partial charge in [-0.05, 0) is 43.1 Å². The number of nitrogens with two attached hydrogens (primary N) is 1. The minimum absolute atomic E-state index is 0.534. The second kappa shape index (κ2) is 5.89. The minimum atomic E-state index is 0.534. The lowest BCUT2D eigenvalue weighted by Gasteiger charge is -2.00. The van der Waals surface area contributed by atoms with Crippen molar-refractivity contribution < 1.29 is 4.52 Å². The smallest absolute Gasteiger partial charge is 0.258 e. The summed E-state index contributed by atoms with van der Waals surface area (Å²) in [6, 6.07) is 16.0. The summed E-state index contributed by atoms with van der Waals surface area (Å²) in [6.45, 7) is 2.66. The molecule has 106 valence electrons. The Labute approximate surface area is 123 Å². The highest BCUT2D eigenvalue weighted by Gasteiger charge is 2.12. The molecule has 0 aliphatic heterocycles. The summed E-state index contributed by atoms with van der Waals surface area (Å²) in [4.78, 5) is 4.50. The molecule has 0 fully saturated rings. The zero-order chi connectivity index (χ0) is 14.7. The van der Waals surface area contributed by atoms with Crippen LogP contribution >= 0.6 is 0 Å². The van der Waals surface area contributed by atoms with E-state index in [1.54, 1.807) is 0 Å². The molecule has 0 saturated carbocycles. The second-order valence-corrected chi connectivity index (χ2v) is 4.98. The Kier molecular flexibility index (Phi) is 3.79. The van der Waals surface area contributed by atoms with E-state index in [2.05, 4.69) is 16.2 Å². The van der Waals surface area contributed by atoms with Gasteiger partial charge in [0.15, 0.2) is 0 Å². The van der Waals surface area contributed by atoms with E-state index < -0.39 is 0 Å². The molecule has 0 spiro atoms. The van der Waals surface area contributed by atoms with Gasteiger partial charge >= 0.3 is 0 Å². The van der Waals surface area contributed by atoms with E-state index in [9.17, 15) is 0 Å². The first-order chi connectivity index (χ1) is 10.3. The molecule has 2 aromatic carbocycles. The van der Waals surface area contributed by atoms with E-state index in [1.165, 1.54) is 5.56 Å². The maximum Gasteiger partial charge on any atom is 0.258 e. The van der Waals surface area contributed by atoms with E-state index in [1.807, 2.05) is 49.4 Å². The molecule has 2 N–H and O–H groups in total. The van der Waals surface area contributed by atoms with Crippen molar-refractivity contribution in [3.8, 4) is 22.8 Å². The van der Waals surface area contributed by atoms with Crippen molar-refractivity contribution in [3.05, 3.63) is 59.7 Å². The van der Waals surface area contributed by atoms with Crippen molar-refractivity contribution in [2.45, 2.75) is 13.3 Å². The molecule has 0 radical (unpaired) electrons. The van der Waals surface area contributed by atoms with Crippen molar-refractivity contribution in [2.24, 2.45) is 5.73 Å². The zero-order valence-electron chi connectivity index (χ0n) is 11.9. The number of nitrogens with zero attached hydrogens (tertiary/aromatic N) is 2. The summed E-state index contributed by atoms with van der Waals surface area (Å²) < 4.78 is 5.40. The topological polar surface area (TPSA) is 64.9 Å². The Morgan fingerprint density at radius 2 is 1.95 bits per heavy atom. The number of benzene rings is 2. The average Bonchev–Trinajstić information content (AvgIpc) is 2.98. The molecule has 3 rings (SSSR count). The summed E-state index contributed by atoms with van der Waals surface area (Å²) in [6.07, 6.45) is 0.840. The first-order valence-electron chi connectivity index (χ1n) is 6.97. The molecule has 0 bridgehead atoms. The standard InChI is InChI=1S/C17H17N3O/c1-12-5-2-3-8-15(12)16-19-17(21-20-16)14-7-4-6-13(11-14)9-10-18/h2-8,11H,9-10,18H2,1H3. The number of aromatic nitrogens is 2. The van der Waals surface area contributed by atoms with E-state index in [0.717, 1.165) is 23.1 Å². The molecule has 0 aliphatic rings. The first-order valence-corrected chi connectivity index (χ1v) is 6.97. The van der Waals surface area contributed by atoms with Crippen LogP contribution in [0.2, 0.25) is 0 Å². The second-order valence-electron chi connectivity index (χ2n) is 4.98. The SMILES string of the molecule is Cc1ccccc1-c1noc(-c2cccc(CCN)c2)n1. The van der Waals surface area contributed by atoms with Crippen LogP contribution in [0, 0.1) is 6.92 Å². The Balaban J connectivity index is 1.95. The highest BCUT2D eigenvalue weighted by Crippen LogP contribution is 2.24. The molecule has 1 heterocycles. The third-order valence-corrected chi connectivity index (χ3v) is 3.42. The van der Waals surface area contributed by atoms with Gasteiger partial charge < -0.3 is 10.3 Å². The van der Waals surface area contributed by atoms with E-state index >= 15 is 0 Å². The monoisotopic (exact) mass is 279 g/mol. The third kappa shape index (κ3) is 2.85. The van der Waals surface area contributed by atoms with Crippen LogP contribution in [0.1, 0.15) is 11.1 Å². The molecule has 4 heteroatoms. The fraction of sp³-hybridized carbons (Fsp3) is 0.176. The number of hydrogen-bond donors (Lipinski definition) is 1. The van der Waals surface area contributed by atoms with Crippen LogP contribution in [0.3, 0.4) is 0 Å². The van der Waals surface area contributed by atoms with Gasteiger partial charge in [0.05, 0.1) is 0 Å². The Bertz CT molecular complexity index is 749. The fourth-order valence-electron chi connectivity index (χ4n) is 2.30. The third-order valence-electron chi connectivity index (χ3n) is 3.42. The van der Waals surface area contributed by atoms with E-state index in [4.69, 9.17) is 10.3 Å². The van der Waals surface area contributed by atoms with Crippen LogP contribution in [0.5, 0.6) is 0 Å². The van der Waals surface area contributed by atoms with Crippen LogP contribution in [0.25, 0.3) is 22.8 Å². The number of aryl methyl sites for hydroxylation is 1. The summed E-state index contributed by atoms with van der Waals surface area (Å²) >= 11 is 0. The van der Waals surface area contributed by atoms with E-state index in [-0.39, 0.29) is 0 Å². The first kappa shape index (κ1) is 13.5. The number of rotatable bonds is 4. The van der Waals surface area contributed by atoms with E-state index in [0.29, 0.717) is 18.3 Å². The molecule has 0 atom stereocenters. The summed E-state index contributed by atoms with van der Waals surface area (Å²) in [5.74, 6) is 1.15. The van der Waals surface area contributed by atoms with Crippen LogP contribution in [-0.4, -0.2) is 16.7 Å². The number of hydrogen-bond acceptors (Lipinski definition) is 4. The maximum atomic E-state index is 5.59. The summed E-state index contributed by atoms with van der Waals surface area (Å²) in [5.41, 5.74) is 9.81. The van der Waals surface area contributed by atoms with Gasteiger partial charge in [-0.15, -0.1) is 0 Å². The van der Waals surface area contributed by atoms with Crippen molar-refractivity contribution in [3.63, 3.8) is 0 Å². The van der Waals surface area contributed by atoms with Gasteiger partial charge in [0, 0.05) is 11.1 Å². The summed E-state index contributed by atoms with van der Waals surface area (Å²) in [7, 11) is 0. The molecule has 21 heavy (non-hydrogen) atoms. The minimum Gasteiger partial charge on any atom is -0.334 e. The predicted molar refractivity (Wildman–Crippen MR) is 82.7 cm³/mol. The van der Waals surface area contributed by atoms with Crippen LogP contribution in [-0.2, 0) is 6.42 Å². The summed E-state index contributed by atoms with van der Waals surface area (Å²) in [5, 5.41) is 4.09. The lowest BCUT2D eigenvalue weighted by atomic mass is 10.1.